The monoisotopic (exact) mass is 200 g/mol. The first-order chi connectivity index (χ1) is 6.22. The molecule has 0 aliphatic rings. The number of ether oxygens (including phenoxy) is 1. The molecule has 13 heavy (non-hydrogen) atoms. The first kappa shape index (κ1) is 10.4. The van der Waals surface area contributed by atoms with Gasteiger partial charge >= 0.3 is 0 Å². The number of hydrogen-bond donors (Lipinski definition) is 1. The van der Waals surface area contributed by atoms with Crippen LogP contribution in [0.15, 0.2) is 24.3 Å². The largest absolute Gasteiger partial charge is 0.491 e. The zero-order valence-electron chi connectivity index (χ0n) is 7.53. The first-order valence-corrected chi connectivity index (χ1v) is 4.69. The molecule has 0 radical (unpaired) electrons. The Kier molecular flexibility index (Phi) is 4.06. The smallest absolute Gasteiger partial charge is 0.119 e. The number of benzene rings is 1. The Morgan fingerprint density at radius 3 is 2.92 bits per heavy atom. The number of halogens is 1. The minimum absolute atomic E-state index is 0.200. The summed E-state index contributed by atoms with van der Waals surface area (Å²) in [5, 5.41) is 9.13. The van der Waals surface area contributed by atoms with Crippen LogP contribution in [-0.4, -0.2) is 23.7 Å². The summed E-state index contributed by atoms with van der Waals surface area (Å²) in [6.07, 6.45) is -0.595. The molecule has 0 aromatic heterocycles. The van der Waals surface area contributed by atoms with E-state index in [9.17, 15) is 0 Å². The zero-order chi connectivity index (χ0) is 9.68. The molecular weight excluding hydrogens is 188 g/mol. The predicted molar refractivity (Wildman–Crippen MR) is 53.4 cm³/mol. The van der Waals surface area contributed by atoms with Crippen LogP contribution in [0.5, 0.6) is 5.75 Å². The molecule has 3 heteroatoms. The number of aliphatic hydroxyl groups is 1. The maximum Gasteiger partial charge on any atom is 0.119 e. The van der Waals surface area contributed by atoms with Crippen molar-refractivity contribution in [3.05, 3.63) is 29.8 Å². The summed E-state index contributed by atoms with van der Waals surface area (Å²) in [6.45, 7) is 2.23. The molecule has 1 aromatic carbocycles. The normalized spacial score (nSPS) is 12.5. The van der Waals surface area contributed by atoms with Gasteiger partial charge in [-0.3, -0.25) is 0 Å². The molecular formula is C10H13ClO2. The van der Waals surface area contributed by atoms with Gasteiger partial charge in [0.2, 0.25) is 0 Å². The molecule has 0 spiro atoms. The van der Waals surface area contributed by atoms with Gasteiger partial charge in [0.1, 0.15) is 18.5 Å². The van der Waals surface area contributed by atoms with Gasteiger partial charge in [-0.25, -0.2) is 0 Å². The molecule has 1 rings (SSSR count). The van der Waals surface area contributed by atoms with Gasteiger partial charge in [0.05, 0.1) is 5.88 Å². The number of aryl methyl sites for hydroxylation is 1. The van der Waals surface area contributed by atoms with E-state index in [2.05, 4.69) is 0 Å². The molecule has 1 aromatic rings. The van der Waals surface area contributed by atoms with Crippen molar-refractivity contribution in [1.82, 2.24) is 0 Å². The molecule has 0 aliphatic carbocycles. The zero-order valence-corrected chi connectivity index (χ0v) is 8.29. The van der Waals surface area contributed by atoms with Gasteiger partial charge in [0, 0.05) is 0 Å². The van der Waals surface area contributed by atoms with Gasteiger partial charge in [0.15, 0.2) is 0 Å². The third-order valence-electron chi connectivity index (χ3n) is 1.61. The van der Waals surface area contributed by atoms with Crippen molar-refractivity contribution in [2.75, 3.05) is 12.5 Å². The van der Waals surface area contributed by atoms with Crippen molar-refractivity contribution in [2.45, 2.75) is 13.0 Å². The van der Waals surface area contributed by atoms with Crippen molar-refractivity contribution in [3.63, 3.8) is 0 Å². The second-order valence-corrected chi connectivity index (χ2v) is 3.24. The molecule has 0 bridgehead atoms. The summed E-state index contributed by atoms with van der Waals surface area (Å²) < 4.78 is 5.31. The van der Waals surface area contributed by atoms with E-state index in [0.29, 0.717) is 0 Å². The van der Waals surface area contributed by atoms with Crippen LogP contribution in [0.3, 0.4) is 0 Å². The van der Waals surface area contributed by atoms with Gasteiger partial charge < -0.3 is 9.84 Å². The lowest BCUT2D eigenvalue weighted by atomic mass is 10.2. The van der Waals surface area contributed by atoms with E-state index in [0.717, 1.165) is 11.3 Å². The minimum atomic E-state index is -0.595. The molecule has 0 aliphatic heterocycles. The maximum atomic E-state index is 9.13. The van der Waals surface area contributed by atoms with Gasteiger partial charge in [-0.2, -0.15) is 0 Å². The first-order valence-electron chi connectivity index (χ1n) is 4.16. The fraction of sp³-hybridized carbons (Fsp3) is 0.400. The van der Waals surface area contributed by atoms with E-state index in [-0.39, 0.29) is 12.5 Å². The average Bonchev–Trinajstić information content (AvgIpc) is 2.14. The van der Waals surface area contributed by atoms with E-state index in [4.69, 9.17) is 21.4 Å². The van der Waals surface area contributed by atoms with Crippen LogP contribution < -0.4 is 4.74 Å². The van der Waals surface area contributed by atoms with Crippen LogP contribution in [0.2, 0.25) is 0 Å². The highest BCUT2D eigenvalue weighted by atomic mass is 35.5. The summed E-state index contributed by atoms with van der Waals surface area (Å²) in [7, 11) is 0. The molecule has 2 nitrogen and oxygen atoms in total. The van der Waals surface area contributed by atoms with Crippen LogP contribution in [0, 0.1) is 6.92 Å². The molecule has 1 atom stereocenters. The average molecular weight is 201 g/mol. The van der Waals surface area contributed by atoms with Crippen molar-refractivity contribution < 1.29 is 9.84 Å². The maximum absolute atomic E-state index is 9.13. The topological polar surface area (TPSA) is 29.5 Å². The third-order valence-corrected chi connectivity index (χ3v) is 1.97. The Balaban J connectivity index is 2.45. The van der Waals surface area contributed by atoms with Gasteiger partial charge in [-0.15, -0.1) is 11.6 Å². The number of hydrogen-bond acceptors (Lipinski definition) is 2. The third kappa shape index (κ3) is 3.66. The molecule has 1 unspecified atom stereocenters. The number of alkyl halides is 1. The molecule has 0 heterocycles. The summed E-state index contributed by atoms with van der Waals surface area (Å²) in [4.78, 5) is 0. The van der Waals surface area contributed by atoms with Crippen LogP contribution in [0.1, 0.15) is 5.56 Å². The lowest BCUT2D eigenvalue weighted by molar-refractivity contribution is 0.125. The van der Waals surface area contributed by atoms with Gasteiger partial charge in [-0.1, -0.05) is 12.1 Å². The van der Waals surface area contributed by atoms with Crippen molar-refractivity contribution in [1.29, 1.82) is 0 Å². The van der Waals surface area contributed by atoms with Gasteiger partial charge in [-0.05, 0) is 24.6 Å². The molecule has 0 amide bonds. The molecule has 72 valence electrons. The summed E-state index contributed by atoms with van der Waals surface area (Å²) in [6, 6.07) is 7.68. The fourth-order valence-electron chi connectivity index (χ4n) is 0.942. The molecule has 1 N–H and O–H groups in total. The molecule has 0 saturated carbocycles. The Morgan fingerprint density at radius 1 is 1.54 bits per heavy atom. The van der Waals surface area contributed by atoms with E-state index < -0.39 is 6.10 Å². The van der Waals surface area contributed by atoms with E-state index >= 15 is 0 Å². The Hall–Kier alpha value is -0.730. The fourth-order valence-corrected chi connectivity index (χ4v) is 1.03. The Bertz CT molecular complexity index is 263. The van der Waals surface area contributed by atoms with Crippen LogP contribution in [0.4, 0.5) is 0 Å². The summed E-state index contributed by atoms with van der Waals surface area (Å²) in [5.74, 6) is 0.968. The van der Waals surface area contributed by atoms with Crippen LogP contribution in [0.25, 0.3) is 0 Å². The minimum Gasteiger partial charge on any atom is -0.491 e. The Morgan fingerprint density at radius 2 is 2.31 bits per heavy atom. The van der Waals surface area contributed by atoms with Crippen LogP contribution in [-0.2, 0) is 0 Å². The van der Waals surface area contributed by atoms with E-state index in [1.807, 2.05) is 31.2 Å². The highest BCUT2D eigenvalue weighted by Gasteiger charge is 2.02. The highest BCUT2D eigenvalue weighted by molar-refractivity contribution is 6.18. The number of rotatable bonds is 4. The van der Waals surface area contributed by atoms with Crippen molar-refractivity contribution in [2.24, 2.45) is 0 Å². The van der Waals surface area contributed by atoms with Crippen molar-refractivity contribution in [3.8, 4) is 5.75 Å². The highest BCUT2D eigenvalue weighted by Crippen LogP contribution is 2.12. The van der Waals surface area contributed by atoms with E-state index in [1.54, 1.807) is 0 Å². The van der Waals surface area contributed by atoms with Crippen LogP contribution >= 0.6 is 11.6 Å². The lowest BCUT2D eigenvalue weighted by Gasteiger charge is -2.09. The predicted octanol–water partition coefficient (Wildman–Crippen LogP) is 1.97. The second-order valence-electron chi connectivity index (χ2n) is 2.94. The van der Waals surface area contributed by atoms with Crippen molar-refractivity contribution >= 4 is 11.6 Å². The van der Waals surface area contributed by atoms with Gasteiger partial charge in [0.25, 0.3) is 0 Å². The standard InChI is InChI=1S/C10H13ClO2/c1-8-3-2-4-10(5-8)13-7-9(12)6-11/h2-5,9,12H,6-7H2,1H3. The SMILES string of the molecule is Cc1cccc(OCC(O)CCl)c1. The molecule has 0 fully saturated rings. The quantitative estimate of drug-likeness (QED) is 0.754. The summed E-state index contributed by atoms with van der Waals surface area (Å²) in [5.41, 5.74) is 1.14. The Labute approximate surface area is 83.1 Å². The lowest BCUT2D eigenvalue weighted by Crippen LogP contribution is -2.18. The summed E-state index contributed by atoms with van der Waals surface area (Å²) >= 11 is 5.42. The molecule has 0 saturated heterocycles. The second kappa shape index (κ2) is 5.10. The van der Waals surface area contributed by atoms with E-state index in [1.165, 1.54) is 0 Å². The number of aliphatic hydroxyl groups excluding tert-OH is 1.